The van der Waals surface area contributed by atoms with Crippen LogP contribution in [0.2, 0.25) is 0 Å². The molecule has 0 radical (unpaired) electrons. The summed E-state index contributed by atoms with van der Waals surface area (Å²) in [7, 11) is 0. The molecule has 1 heterocycles. The maximum atomic E-state index is 7.64. The highest BCUT2D eigenvalue weighted by Gasteiger charge is 2.03. The zero-order valence-electron chi connectivity index (χ0n) is 10.2. The second kappa shape index (κ2) is 6.99. The molecule has 0 saturated heterocycles. The van der Waals surface area contributed by atoms with Crippen molar-refractivity contribution in [2.24, 2.45) is 0 Å². The summed E-state index contributed by atoms with van der Waals surface area (Å²) in [6.07, 6.45) is 6.74. The van der Waals surface area contributed by atoms with Gasteiger partial charge in [0.2, 0.25) is 0 Å². The average molecular weight is 219 g/mol. The Balaban J connectivity index is 2.44. The number of aromatic nitrogens is 1. The van der Waals surface area contributed by atoms with Gasteiger partial charge >= 0.3 is 0 Å². The van der Waals surface area contributed by atoms with E-state index in [0.29, 0.717) is 5.71 Å². The molecule has 0 unspecified atom stereocenters. The van der Waals surface area contributed by atoms with Crippen molar-refractivity contribution < 1.29 is 0 Å². The molecule has 0 spiro atoms. The molecular formula is C13H21N3. The number of nitrogens with zero attached hydrogens (tertiary/aromatic N) is 1. The molecule has 2 N–H and O–H groups in total. The molecule has 0 aliphatic rings. The molecule has 1 aromatic heterocycles. The molecule has 0 amide bonds. The van der Waals surface area contributed by atoms with Gasteiger partial charge in [0, 0.05) is 24.0 Å². The van der Waals surface area contributed by atoms with Gasteiger partial charge in [-0.1, -0.05) is 26.2 Å². The van der Waals surface area contributed by atoms with Crippen molar-refractivity contribution >= 4 is 11.5 Å². The smallest absolute Gasteiger partial charge is 0.135 e. The minimum absolute atomic E-state index is 0.559. The van der Waals surface area contributed by atoms with Gasteiger partial charge in [-0.05, 0) is 25.5 Å². The summed E-state index contributed by atoms with van der Waals surface area (Å²) in [5, 5.41) is 10.9. The van der Waals surface area contributed by atoms with Gasteiger partial charge in [0.05, 0.1) is 0 Å². The number of rotatable bonds is 7. The lowest BCUT2D eigenvalue weighted by Crippen LogP contribution is -2.08. The van der Waals surface area contributed by atoms with Crippen LogP contribution in [0.4, 0.5) is 5.82 Å². The quantitative estimate of drug-likeness (QED) is 0.545. The lowest BCUT2D eigenvalue weighted by Gasteiger charge is -2.09. The monoisotopic (exact) mass is 219 g/mol. The van der Waals surface area contributed by atoms with Gasteiger partial charge < -0.3 is 10.7 Å². The van der Waals surface area contributed by atoms with E-state index in [-0.39, 0.29) is 0 Å². The summed E-state index contributed by atoms with van der Waals surface area (Å²) in [5.41, 5.74) is 1.46. The number of anilines is 1. The average Bonchev–Trinajstić information content (AvgIpc) is 2.29. The zero-order chi connectivity index (χ0) is 11.8. The number of nitrogens with one attached hydrogen (secondary N) is 2. The summed E-state index contributed by atoms with van der Waals surface area (Å²) in [4.78, 5) is 4.27. The van der Waals surface area contributed by atoms with Crippen molar-refractivity contribution in [3.8, 4) is 0 Å². The maximum absolute atomic E-state index is 7.64. The van der Waals surface area contributed by atoms with Crippen molar-refractivity contribution in [1.29, 1.82) is 5.41 Å². The van der Waals surface area contributed by atoms with Crippen LogP contribution < -0.4 is 5.32 Å². The second-order valence-electron chi connectivity index (χ2n) is 4.01. The van der Waals surface area contributed by atoms with E-state index >= 15 is 0 Å². The molecule has 0 aromatic carbocycles. The number of hydrogen-bond acceptors (Lipinski definition) is 3. The largest absolute Gasteiger partial charge is 0.370 e. The van der Waals surface area contributed by atoms with E-state index in [1.807, 2.05) is 12.1 Å². The molecule has 3 heteroatoms. The Kier molecular flexibility index (Phi) is 5.54. The molecule has 0 aliphatic carbocycles. The Labute approximate surface area is 97.8 Å². The first-order valence-electron chi connectivity index (χ1n) is 6.00. The van der Waals surface area contributed by atoms with E-state index in [0.717, 1.165) is 17.9 Å². The van der Waals surface area contributed by atoms with Gasteiger partial charge in [-0.2, -0.15) is 0 Å². The Hall–Kier alpha value is -1.38. The fourth-order valence-corrected chi connectivity index (χ4v) is 1.61. The Morgan fingerprint density at radius 1 is 1.38 bits per heavy atom. The van der Waals surface area contributed by atoms with E-state index in [2.05, 4.69) is 17.2 Å². The van der Waals surface area contributed by atoms with Gasteiger partial charge in [-0.25, -0.2) is 4.98 Å². The fourth-order valence-electron chi connectivity index (χ4n) is 1.61. The van der Waals surface area contributed by atoms with Crippen molar-refractivity contribution in [2.75, 3.05) is 11.9 Å². The molecule has 0 atom stereocenters. The number of unbranched alkanes of at least 4 members (excludes halogenated alkanes) is 3. The van der Waals surface area contributed by atoms with Crippen LogP contribution in [0, 0.1) is 5.41 Å². The highest BCUT2D eigenvalue weighted by Crippen LogP contribution is 2.12. The van der Waals surface area contributed by atoms with Gasteiger partial charge in [0.25, 0.3) is 0 Å². The summed E-state index contributed by atoms with van der Waals surface area (Å²) < 4.78 is 0. The van der Waals surface area contributed by atoms with Crippen molar-refractivity contribution in [1.82, 2.24) is 4.98 Å². The molecular weight excluding hydrogens is 198 g/mol. The number of pyridine rings is 1. The number of hydrogen-bond donors (Lipinski definition) is 2. The summed E-state index contributed by atoms with van der Waals surface area (Å²) in [6.45, 7) is 4.94. The van der Waals surface area contributed by atoms with E-state index < -0.39 is 0 Å². The molecule has 0 fully saturated rings. The Bertz CT molecular complexity index is 334. The van der Waals surface area contributed by atoms with Crippen molar-refractivity contribution in [3.05, 3.63) is 23.9 Å². The first-order valence-corrected chi connectivity index (χ1v) is 6.00. The zero-order valence-corrected chi connectivity index (χ0v) is 10.2. The van der Waals surface area contributed by atoms with Crippen LogP contribution in [-0.2, 0) is 0 Å². The predicted molar refractivity (Wildman–Crippen MR) is 69.4 cm³/mol. The first-order chi connectivity index (χ1) is 7.75. The first kappa shape index (κ1) is 12.7. The van der Waals surface area contributed by atoms with Gasteiger partial charge in [0.15, 0.2) is 0 Å². The molecule has 0 saturated carbocycles. The van der Waals surface area contributed by atoms with Crippen LogP contribution in [0.5, 0.6) is 0 Å². The molecule has 16 heavy (non-hydrogen) atoms. The van der Waals surface area contributed by atoms with Gasteiger partial charge in [-0.3, -0.25) is 0 Å². The predicted octanol–water partition coefficient (Wildman–Crippen LogP) is 3.46. The Morgan fingerprint density at radius 2 is 2.19 bits per heavy atom. The lowest BCUT2D eigenvalue weighted by atomic mass is 10.1. The lowest BCUT2D eigenvalue weighted by molar-refractivity contribution is 0.684. The normalized spacial score (nSPS) is 10.1. The standard InChI is InChI=1S/C13H21N3/c1-3-4-5-6-9-15-13-12(11(2)14)8-7-10-16-13/h7-8,10,14H,3-6,9H2,1-2H3,(H,15,16). The summed E-state index contributed by atoms with van der Waals surface area (Å²) >= 11 is 0. The maximum Gasteiger partial charge on any atom is 0.135 e. The molecule has 3 nitrogen and oxygen atoms in total. The van der Waals surface area contributed by atoms with E-state index in [1.165, 1.54) is 25.7 Å². The summed E-state index contributed by atoms with van der Waals surface area (Å²) in [6, 6.07) is 3.80. The topological polar surface area (TPSA) is 48.8 Å². The van der Waals surface area contributed by atoms with Crippen LogP contribution in [-0.4, -0.2) is 17.2 Å². The van der Waals surface area contributed by atoms with Crippen molar-refractivity contribution in [2.45, 2.75) is 39.5 Å². The third-order valence-corrected chi connectivity index (χ3v) is 2.53. The fraction of sp³-hybridized carbons (Fsp3) is 0.538. The van der Waals surface area contributed by atoms with E-state index in [4.69, 9.17) is 5.41 Å². The molecule has 0 aliphatic heterocycles. The highest BCUT2D eigenvalue weighted by atomic mass is 15.0. The molecule has 1 rings (SSSR count). The van der Waals surface area contributed by atoms with E-state index in [1.54, 1.807) is 13.1 Å². The van der Waals surface area contributed by atoms with Gasteiger partial charge in [-0.15, -0.1) is 0 Å². The summed E-state index contributed by atoms with van der Waals surface area (Å²) in [5.74, 6) is 0.839. The minimum atomic E-state index is 0.559. The molecule has 1 aromatic rings. The SMILES string of the molecule is CCCCCCNc1ncccc1C(C)=N. The Morgan fingerprint density at radius 3 is 2.88 bits per heavy atom. The van der Waals surface area contributed by atoms with Crippen LogP contribution in [0.15, 0.2) is 18.3 Å². The second-order valence-corrected chi connectivity index (χ2v) is 4.01. The van der Waals surface area contributed by atoms with Crippen LogP contribution in [0.25, 0.3) is 0 Å². The van der Waals surface area contributed by atoms with Gasteiger partial charge in [0.1, 0.15) is 5.82 Å². The highest BCUT2D eigenvalue weighted by molar-refractivity contribution is 6.00. The third-order valence-electron chi connectivity index (χ3n) is 2.53. The molecule has 0 bridgehead atoms. The van der Waals surface area contributed by atoms with Crippen LogP contribution in [0.1, 0.15) is 45.1 Å². The van der Waals surface area contributed by atoms with Crippen LogP contribution >= 0.6 is 0 Å². The molecule has 88 valence electrons. The van der Waals surface area contributed by atoms with Crippen molar-refractivity contribution in [3.63, 3.8) is 0 Å². The van der Waals surface area contributed by atoms with E-state index in [9.17, 15) is 0 Å². The van der Waals surface area contributed by atoms with Crippen LogP contribution in [0.3, 0.4) is 0 Å². The minimum Gasteiger partial charge on any atom is -0.370 e. The third kappa shape index (κ3) is 4.01.